The lowest BCUT2D eigenvalue weighted by Crippen LogP contribution is -2.40. The monoisotopic (exact) mass is 377 g/mol. The first kappa shape index (κ1) is 19.9. The number of nitrogens with zero attached hydrogens (tertiary/aromatic N) is 2. The molecule has 1 aliphatic heterocycles. The van der Waals surface area contributed by atoms with Crippen molar-refractivity contribution < 1.29 is 28.9 Å². The number of aryl methyl sites for hydroxylation is 1. The third-order valence-corrected chi connectivity index (χ3v) is 4.81. The molecule has 0 saturated carbocycles. The lowest BCUT2D eigenvalue weighted by Gasteiger charge is -2.17. The van der Waals surface area contributed by atoms with E-state index in [-0.39, 0.29) is 12.0 Å². The molecule has 3 N–H and O–H groups in total. The van der Waals surface area contributed by atoms with E-state index in [0.717, 1.165) is 4.57 Å². The number of ether oxygens (including phenoxy) is 1. The zero-order chi connectivity index (χ0) is 18.9. The Hall–Kier alpha value is -1.42. The number of aliphatic hydroxyl groups excluding tert-OH is 2. The van der Waals surface area contributed by atoms with Crippen molar-refractivity contribution in [1.82, 2.24) is 9.13 Å². The molecule has 1 saturated heterocycles. The summed E-state index contributed by atoms with van der Waals surface area (Å²) in [4.78, 5) is 32.9. The summed E-state index contributed by atoms with van der Waals surface area (Å²) in [5.74, 6) is 0. The maximum atomic E-state index is 12.3. The standard InChI is InChI=1S/C14H21N2O8P/c1-4-7(24-25(21)22)5-9-10(17)11(18)12(23-9)8-6-15(2)14(20)16(3)13(8)19/h6-7,9-12,17-18H,4-5H2,1-3H3/p+1/t7?,9-,10-,11-,12?/m1/s1. The highest BCUT2D eigenvalue weighted by Crippen LogP contribution is 2.35. The smallest absolute Gasteiger partial charge is 0.388 e. The van der Waals surface area contributed by atoms with Gasteiger partial charge >= 0.3 is 13.9 Å². The molecule has 0 amide bonds. The van der Waals surface area contributed by atoms with Gasteiger partial charge in [0.2, 0.25) is 0 Å². The third kappa shape index (κ3) is 4.05. The van der Waals surface area contributed by atoms with E-state index in [0.29, 0.717) is 6.42 Å². The Morgan fingerprint density at radius 2 is 1.96 bits per heavy atom. The zero-order valence-electron chi connectivity index (χ0n) is 14.1. The summed E-state index contributed by atoms with van der Waals surface area (Å²) in [5.41, 5.74) is -1.10. The SMILES string of the molecule is CCC(C[C@H]1OC(c2cn(C)c(=O)n(C)c2=O)[C@H](O)[C@@H]1O)O[P+](=O)O. The third-order valence-electron chi connectivity index (χ3n) is 4.33. The molecule has 0 radical (unpaired) electrons. The van der Waals surface area contributed by atoms with Crippen molar-refractivity contribution in [3.05, 3.63) is 32.6 Å². The minimum absolute atomic E-state index is 0.0425. The van der Waals surface area contributed by atoms with Crippen LogP contribution in [0.3, 0.4) is 0 Å². The van der Waals surface area contributed by atoms with Crippen LogP contribution in [-0.2, 0) is 27.9 Å². The fourth-order valence-electron chi connectivity index (χ4n) is 2.90. The highest BCUT2D eigenvalue weighted by Gasteiger charge is 2.46. The summed E-state index contributed by atoms with van der Waals surface area (Å²) in [6, 6.07) is 0. The van der Waals surface area contributed by atoms with Gasteiger partial charge < -0.3 is 19.5 Å². The second kappa shape index (κ2) is 7.86. The van der Waals surface area contributed by atoms with Gasteiger partial charge in [-0.3, -0.25) is 9.36 Å². The topological polar surface area (TPSA) is 140 Å². The molecule has 0 bridgehead atoms. The quantitative estimate of drug-likeness (QED) is 0.541. The first-order valence-corrected chi connectivity index (χ1v) is 8.91. The molecular formula is C14H22N2O8P+. The molecule has 25 heavy (non-hydrogen) atoms. The normalized spacial score (nSPS) is 28.2. The molecule has 1 aliphatic rings. The molecule has 3 unspecified atom stereocenters. The van der Waals surface area contributed by atoms with E-state index in [2.05, 4.69) is 0 Å². The molecule has 0 aromatic carbocycles. The number of aliphatic hydroxyl groups is 2. The fourth-order valence-corrected chi connectivity index (χ4v) is 3.39. The Morgan fingerprint density at radius 1 is 1.32 bits per heavy atom. The number of rotatable bonds is 6. The van der Waals surface area contributed by atoms with E-state index >= 15 is 0 Å². The minimum atomic E-state index is -2.80. The molecule has 1 aromatic heterocycles. The lowest BCUT2D eigenvalue weighted by atomic mass is 10.00. The van der Waals surface area contributed by atoms with E-state index in [1.807, 2.05) is 0 Å². The summed E-state index contributed by atoms with van der Waals surface area (Å²) in [7, 11) is -0.0393. The predicted octanol–water partition coefficient (Wildman–Crippen LogP) is -0.919. The van der Waals surface area contributed by atoms with Crippen LogP contribution in [0.5, 0.6) is 0 Å². The summed E-state index contributed by atoms with van der Waals surface area (Å²) in [5, 5.41) is 20.5. The molecule has 11 heteroatoms. The van der Waals surface area contributed by atoms with Crippen molar-refractivity contribution >= 4 is 8.25 Å². The van der Waals surface area contributed by atoms with Gasteiger partial charge in [-0.25, -0.2) is 4.79 Å². The van der Waals surface area contributed by atoms with Gasteiger partial charge in [-0.05, 0) is 6.42 Å². The Kier molecular flexibility index (Phi) is 6.26. The van der Waals surface area contributed by atoms with Crippen LogP contribution in [0.15, 0.2) is 15.8 Å². The van der Waals surface area contributed by atoms with Crippen molar-refractivity contribution in [3.63, 3.8) is 0 Å². The van der Waals surface area contributed by atoms with Crippen LogP contribution in [-0.4, -0.2) is 48.7 Å². The molecule has 2 rings (SSSR count). The summed E-state index contributed by atoms with van der Waals surface area (Å²) in [6.45, 7) is 1.74. The van der Waals surface area contributed by atoms with Gasteiger partial charge in [0, 0.05) is 31.3 Å². The van der Waals surface area contributed by atoms with Crippen molar-refractivity contribution in [1.29, 1.82) is 0 Å². The van der Waals surface area contributed by atoms with E-state index in [1.54, 1.807) is 6.92 Å². The molecule has 6 atom stereocenters. The van der Waals surface area contributed by atoms with Crippen LogP contribution in [0, 0.1) is 0 Å². The average molecular weight is 377 g/mol. The van der Waals surface area contributed by atoms with E-state index < -0.39 is 50.0 Å². The fraction of sp³-hybridized carbons (Fsp3) is 0.714. The van der Waals surface area contributed by atoms with E-state index in [4.69, 9.17) is 14.2 Å². The molecule has 0 spiro atoms. The highest BCUT2D eigenvalue weighted by molar-refractivity contribution is 7.32. The van der Waals surface area contributed by atoms with Crippen LogP contribution in [0.25, 0.3) is 0 Å². The molecule has 1 aromatic rings. The van der Waals surface area contributed by atoms with Crippen LogP contribution in [0.1, 0.15) is 31.4 Å². The van der Waals surface area contributed by atoms with Gasteiger partial charge in [-0.15, -0.1) is 9.42 Å². The number of aromatic nitrogens is 2. The van der Waals surface area contributed by atoms with Crippen molar-refractivity contribution in [2.75, 3.05) is 0 Å². The Bertz CT molecular complexity index is 760. The summed E-state index contributed by atoms with van der Waals surface area (Å²) < 4.78 is 23.4. The summed E-state index contributed by atoms with van der Waals surface area (Å²) >= 11 is 0. The average Bonchev–Trinajstić information content (AvgIpc) is 2.83. The second-order valence-electron chi connectivity index (χ2n) is 6.03. The number of hydrogen-bond acceptors (Lipinski definition) is 7. The molecular weight excluding hydrogens is 355 g/mol. The largest absolute Gasteiger partial charge is 0.694 e. The summed E-state index contributed by atoms with van der Waals surface area (Å²) in [6.07, 6.45) is -3.60. The first-order valence-electron chi connectivity index (χ1n) is 7.78. The predicted molar refractivity (Wildman–Crippen MR) is 86.2 cm³/mol. The maximum absolute atomic E-state index is 12.3. The minimum Gasteiger partial charge on any atom is -0.388 e. The van der Waals surface area contributed by atoms with Gasteiger partial charge in [0.05, 0.1) is 11.7 Å². The van der Waals surface area contributed by atoms with Gasteiger partial charge in [0.25, 0.3) is 5.56 Å². The molecule has 140 valence electrons. The molecule has 0 aliphatic carbocycles. The Labute approximate surface area is 144 Å². The Balaban J connectivity index is 2.27. The van der Waals surface area contributed by atoms with Gasteiger partial charge in [0.1, 0.15) is 24.4 Å². The van der Waals surface area contributed by atoms with Crippen LogP contribution >= 0.6 is 8.25 Å². The lowest BCUT2D eigenvalue weighted by molar-refractivity contribution is -0.0177. The van der Waals surface area contributed by atoms with Crippen LogP contribution < -0.4 is 11.2 Å². The van der Waals surface area contributed by atoms with Crippen molar-refractivity contribution in [3.8, 4) is 0 Å². The van der Waals surface area contributed by atoms with Gasteiger partial charge in [-0.2, -0.15) is 0 Å². The van der Waals surface area contributed by atoms with Gasteiger partial charge in [-0.1, -0.05) is 6.92 Å². The van der Waals surface area contributed by atoms with Crippen LogP contribution in [0.2, 0.25) is 0 Å². The second-order valence-corrected chi connectivity index (χ2v) is 6.71. The van der Waals surface area contributed by atoms with E-state index in [1.165, 1.54) is 24.9 Å². The molecule has 1 fully saturated rings. The van der Waals surface area contributed by atoms with Crippen LogP contribution in [0.4, 0.5) is 0 Å². The van der Waals surface area contributed by atoms with Crippen molar-refractivity contribution in [2.45, 2.75) is 50.3 Å². The number of hydrogen-bond donors (Lipinski definition) is 3. The zero-order valence-corrected chi connectivity index (χ0v) is 15.0. The molecule has 10 nitrogen and oxygen atoms in total. The maximum Gasteiger partial charge on any atom is 0.694 e. The molecule has 2 heterocycles. The first-order chi connectivity index (χ1) is 11.7. The van der Waals surface area contributed by atoms with Gasteiger partial charge in [0.15, 0.2) is 0 Å². The van der Waals surface area contributed by atoms with E-state index in [9.17, 15) is 24.4 Å². The Morgan fingerprint density at radius 3 is 2.52 bits per heavy atom. The van der Waals surface area contributed by atoms with Crippen molar-refractivity contribution in [2.24, 2.45) is 14.1 Å². The highest BCUT2D eigenvalue weighted by atomic mass is 31.1.